The Bertz CT molecular complexity index is 992. The molecule has 0 N–H and O–H groups in total. The molecule has 0 spiro atoms. The normalized spacial score (nSPS) is 16.5. The maximum Gasteiger partial charge on any atom is 0.272 e. The van der Waals surface area contributed by atoms with E-state index in [2.05, 4.69) is 16.2 Å². The molecule has 0 aliphatic carbocycles. The van der Waals surface area contributed by atoms with Crippen LogP contribution in [-0.4, -0.2) is 39.0 Å². The molecule has 28 heavy (non-hydrogen) atoms. The van der Waals surface area contributed by atoms with E-state index in [9.17, 15) is 4.79 Å². The van der Waals surface area contributed by atoms with E-state index in [-0.39, 0.29) is 5.91 Å². The number of pyridine rings is 2. The Labute approximate surface area is 164 Å². The lowest BCUT2D eigenvalue weighted by Gasteiger charge is -2.17. The number of nitrogens with zero attached hydrogens (tertiary/aromatic N) is 4. The molecule has 1 atom stereocenters. The summed E-state index contributed by atoms with van der Waals surface area (Å²) in [5.41, 5.74) is 5.22. The van der Waals surface area contributed by atoms with E-state index in [4.69, 9.17) is 9.51 Å². The number of likely N-dealkylation sites (tertiary alicyclic amines) is 1. The molecule has 1 saturated heterocycles. The van der Waals surface area contributed by atoms with Crippen LogP contribution in [0, 0.1) is 26.7 Å². The van der Waals surface area contributed by atoms with Gasteiger partial charge in [-0.15, -0.1) is 0 Å². The molecule has 3 aromatic rings. The predicted octanol–water partition coefficient (Wildman–Crippen LogP) is 3.76. The Hall–Kier alpha value is -3.02. The van der Waals surface area contributed by atoms with Crippen molar-refractivity contribution in [2.24, 2.45) is 5.92 Å². The molecular weight excluding hydrogens is 352 g/mol. The van der Waals surface area contributed by atoms with Gasteiger partial charge in [-0.05, 0) is 63.3 Å². The van der Waals surface area contributed by atoms with Gasteiger partial charge in [-0.1, -0.05) is 17.3 Å². The van der Waals surface area contributed by atoms with Crippen LogP contribution >= 0.6 is 0 Å². The molecule has 4 heterocycles. The summed E-state index contributed by atoms with van der Waals surface area (Å²) in [5, 5.41) is 4.03. The van der Waals surface area contributed by atoms with Crippen LogP contribution in [0.25, 0.3) is 11.3 Å². The molecule has 1 fully saturated rings. The highest BCUT2D eigenvalue weighted by Crippen LogP contribution is 2.27. The third-order valence-electron chi connectivity index (χ3n) is 5.38. The number of aryl methyl sites for hydroxylation is 3. The highest BCUT2D eigenvalue weighted by Gasteiger charge is 2.28. The quantitative estimate of drug-likeness (QED) is 0.693. The Morgan fingerprint density at radius 3 is 2.82 bits per heavy atom. The van der Waals surface area contributed by atoms with Crippen molar-refractivity contribution < 1.29 is 9.32 Å². The lowest BCUT2D eigenvalue weighted by Crippen LogP contribution is -2.30. The third-order valence-corrected chi connectivity index (χ3v) is 5.38. The van der Waals surface area contributed by atoms with E-state index in [1.807, 2.05) is 49.9 Å². The highest BCUT2D eigenvalue weighted by molar-refractivity contribution is 5.93. The molecule has 0 aromatic carbocycles. The van der Waals surface area contributed by atoms with Gasteiger partial charge in [0.2, 0.25) is 0 Å². The summed E-state index contributed by atoms with van der Waals surface area (Å²) in [7, 11) is 0. The summed E-state index contributed by atoms with van der Waals surface area (Å²) in [5.74, 6) is 1.21. The Morgan fingerprint density at radius 1 is 1.21 bits per heavy atom. The van der Waals surface area contributed by atoms with Crippen LogP contribution in [0.3, 0.4) is 0 Å². The van der Waals surface area contributed by atoms with Gasteiger partial charge in [-0.2, -0.15) is 0 Å². The summed E-state index contributed by atoms with van der Waals surface area (Å²) in [6.07, 6.45) is 3.51. The Morgan fingerprint density at radius 2 is 2.07 bits per heavy atom. The fourth-order valence-corrected chi connectivity index (χ4v) is 3.92. The van der Waals surface area contributed by atoms with Gasteiger partial charge < -0.3 is 9.42 Å². The molecule has 3 aromatic heterocycles. The van der Waals surface area contributed by atoms with Crippen molar-refractivity contribution in [2.75, 3.05) is 13.1 Å². The van der Waals surface area contributed by atoms with Gasteiger partial charge in [0.1, 0.15) is 11.5 Å². The number of rotatable bonds is 4. The van der Waals surface area contributed by atoms with Crippen LogP contribution in [0.1, 0.15) is 39.6 Å². The van der Waals surface area contributed by atoms with Gasteiger partial charge in [0.15, 0.2) is 0 Å². The molecular formula is C22H24N4O2. The number of aromatic nitrogens is 3. The maximum atomic E-state index is 12.8. The predicted molar refractivity (Wildman–Crippen MR) is 106 cm³/mol. The van der Waals surface area contributed by atoms with Crippen LogP contribution in [0.4, 0.5) is 0 Å². The summed E-state index contributed by atoms with van der Waals surface area (Å²) >= 11 is 0. The van der Waals surface area contributed by atoms with E-state index in [1.165, 1.54) is 0 Å². The van der Waals surface area contributed by atoms with Gasteiger partial charge in [0.25, 0.3) is 5.91 Å². The molecule has 0 radical (unpaired) electrons. The lowest BCUT2D eigenvalue weighted by atomic mass is 10.0. The minimum atomic E-state index is 0.0260. The van der Waals surface area contributed by atoms with E-state index in [0.717, 1.165) is 59.9 Å². The van der Waals surface area contributed by atoms with Crippen molar-refractivity contribution in [2.45, 2.75) is 33.6 Å². The monoisotopic (exact) mass is 376 g/mol. The van der Waals surface area contributed by atoms with Gasteiger partial charge in [-0.25, -0.2) is 0 Å². The minimum absolute atomic E-state index is 0.0260. The fourth-order valence-electron chi connectivity index (χ4n) is 3.92. The molecule has 1 amide bonds. The molecule has 1 aliphatic rings. The number of carbonyl (C=O) groups is 1. The number of hydrogen-bond donors (Lipinski definition) is 0. The van der Waals surface area contributed by atoms with E-state index in [0.29, 0.717) is 11.6 Å². The summed E-state index contributed by atoms with van der Waals surface area (Å²) < 4.78 is 5.28. The molecule has 0 bridgehead atoms. The zero-order valence-electron chi connectivity index (χ0n) is 16.5. The first-order valence-electron chi connectivity index (χ1n) is 9.63. The first-order valence-corrected chi connectivity index (χ1v) is 9.63. The molecule has 1 aliphatic heterocycles. The lowest BCUT2D eigenvalue weighted by molar-refractivity contribution is 0.0780. The van der Waals surface area contributed by atoms with Crippen LogP contribution in [0.15, 0.2) is 41.1 Å². The zero-order valence-corrected chi connectivity index (χ0v) is 16.5. The van der Waals surface area contributed by atoms with Crippen molar-refractivity contribution in [3.05, 3.63) is 64.9 Å². The van der Waals surface area contributed by atoms with Crippen molar-refractivity contribution in [1.82, 2.24) is 20.0 Å². The first-order chi connectivity index (χ1) is 13.5. The second-order valence-corrected chi connectivity index (χ2v) is 7.49. The van der Waals surface area contributed by atoms with Crippen molar-refractivity contribution in [1.29, 1.82) is 0 Å². The molecule has 4 rings (SSSR count). The van der Waals surface area contributed by atoms with Gasteiger partial charge in [-0.3, -0.25) is 14.8 Å². The molecule has 1 unspecified atom stereocenters. The van der Waals surface area contributed by atoms with Crippen LogP contribution in [0.5, 0.6) is 0 Å². The smallest absolute Gasteiger partial charge is 0.272 e. The van der Waals surface area contributed by atoms with E-state index >= 15 is 0 Å². The first kappa shape index (κ1) is 18.3. The van der Waals surface area contributed by atoms with E-state index < -0.39 is 0 Å². The molecule has 0 saturated carbocycles. The van der Waals surface area contributed by atoms with Gasteiger partial charge >= 0.3 is 0 Å². The summed E-state index contributed by atoms with van der Waals surface area (Å²) in [6.45, 7) is 7.27. The average Bonchev–Trinajstić information content (AvgIpc) is 3.28. The molecule has 6 nitrogen and oxygen atoms in total. The van der Waals surface area contributed by atoms with Crippen LogP contribution < -0.4 is 0 Å². The number of carbonyl (C=O) groups excluding carboxylic acids is 1. The van der Waals surface area contributed by atoms with Crippen molar-refractivity contribution >= 4 is 5.91 Å². The summed E-state index contributed by atoms with van der Waals surface area (Å²) in [4.78, 5) is 23.8. The van der Waals surface area contributed by atoms with Gasteiger partial charge in [0, 0.05) is 25.0 Å². The SMILES string of the molecule is Cc1cccnc1C(=O)N1CCC(Cc2cccc(-c3c(C)noc3C)n2)C1. The highest BCUT2D eigenvalue weighted by atomic mass is 16.5. The zero-order chi connectivity index (χ0) is 19.7. The molecule has 144 valence electrons. The number of amides is 1. The number of hydrogen-bond acceptors (Lipinski definition) is 5. The largest absolute Gasteiger partial charge is 0.361 e. The van der Waals surface area contributed by atoms with E-state index in [1.54, 1.807) is 6.20 Å². The average molecular weight is 376 g/mol. The topological polar surface area (TPSA) is 72.1 Å². The van der Waals surface area contributed by atoms with Gasteiger partial charge in [0.05, 0.1) is 17.0 Å². The van der Waals surface area contributed by atoms with Crippen molar-refractivity contribution in [3.8, 4) is 11.3 Å². The minimum Gasteiger partial charge on any atom is -0.361 e. The Balaban J connectivity index is 1.46. The van der Waals surface area contributed by atoms with Crippen molar-refractivity contribution in [3.63, 3.8) is 0 Å². The van der Waals surface area contributed by atoms with Crippen LogP contribution in [-0.2, 0) is 6.42 Å². The fraction of sp³-hybridized carbons (Fsp3) is 0.364. The standard InChI is InChI=1S/C22H24N4O2/c1-14-6-5-10-23-21(14)22(27)26-11-9-17(13-26)12-18-7-4-8-19(24-18)20-15(2)25-28-16(20)3/h4-8,10,17H,9,11-13H2,1-3H3. The Kier molecular flexibility index (Phi) is 4.94. The summed E-state index contributed by atoms with van der Waals surface area (Å²) in [6, 6.07) is 9.85. The maximum absolute atomic E-state index is 12.8. The second kappa shape index (κ2) is 7.54. The molecule has 6 heteroatoms. The van der Waals surface area contributed by atoms with Crippen LogP contribution in [0.2, 0.25) is 0 Å². The third kappa shape index (κ3) is 3.54. The second-order valence-electron chi connectivity index (χ2n) is 7.49.